The number of anilines is 1. The van der Waals surface area contributed by atoms with Crippen LogP contribution in [0.25, 0.3) is 6.08 Å². The summed E-state index contributed by atoms with van der Waals surface area (Å²) in [5.41, 5.74) is 4.88. The van der Waals surface area contributed by atoms with Gasteiger partial charge in [-0.05, 0) is 42.8 Å². The average Bonchev–Trinajstić information content (AvgIpc) is 3.16. The minimum Gasteiger partial charge on any atom is -0.493 e. The van der Waals surface area contributed by atoms with E-state index in [-0.39, 0.29) is 28.8 Å². The molecule has 1 aliphatic rings. The van der Waals surface area contributed by atoms with Gasteiger partial charge in [-0.2, -0.15) is 5.01 Å². The fourth-order valence-corrected chi connectivity index (χ4v) is 3.67. The lowest BCUT2D eigenvalue weighted by molar-refractivity contribution is -0.124. The zero-order valence-electron chi connectivity index (χ0n) is 19.6. The molecule has 36 heavy (non-hydrogen) atoms. The van der Waals surface area contributed by atoms with E-state index in [4.69, 9.17) is 16.3 Å². The highest BCUT2D eigenvalue weighted by Gasteiger charge is 2.33. The lowest BCUT2D eigenvalue weighted by Crippen LogP contribution is -2.47. The van der Waals surface area contributed by atoms with Crippen molar-refractivity contribution in [2.75, 3.05) is 11.9 Å². The van der Waals surface area contributed by atoms with E-state index in [1.54, 1.807) is 61.5 Å². The number of hydrogen-bond acceptors (Lipinski definition) is 5. The topological polar surface area (TPSA) is 100 Å². The Balaban J connectivity index is 1.67. The number of amides is 3. The van der Waals surface area contributed by atoms with Gasteiger partial charge in [0, 0.05) is 29.3 Å². The third kappa shape index (κ3) is 5.61. The molecule has 1 heterocycles. The number of benzene rings is 3. The molecular formula is C27H23ClN4O4. The van der Waals surface area contributed by atoms with E-state index in [2.05, 4.69) is 15.7 Å². The van der Waals surface area contributed by atoms with Gasteiger partial charge in [-0.3, -0.25) is 19.8 Å². The molecule has 0 atom stereocenters. The van der Waals surface area contributed by atoms with Crippen molar-refractivity contribution >= 4 is 46.9 Å². The van der Waals surface area contributed by atoms with E-state index < -0.39 is 11.8 Å². The third-order valence-corrected chi connectivity index (χ3v) is 5.38. The van der Waals surface area contributed by atoms with Crippen LogP contribution in [0, 0.1) is 0 Å². The SMILES string of the molecule is CCOc1cc(NC(C)=O)ccc1C(=O)NN1C(=O)C(=Cc2ccc(Cl)cc2)N=C1c1ccccc1. The van der Waals surface area contributed by atoms with Gasteiger partial charge in [0.25, 0.3) is 11.8 Å². The van der Waals surface area contributed by atoms with Crippen LogP contribution in [0.2, 0.25) is 5.02 Å². The minimum absolute atomic E-state index is 0.155. The smallest absolute Gasteiger partial charge is 0.297 e. The average molecular weight is 503 g/mol. The van der Waals surface area contributed by atoms with Crippen molar-refractivity contribution in [2.45, 2.75) is 13.8 Å². The molecule has 9 heteroatoms. The van der Waals surface area contributed by atoms with Crippen LogP contribution in [0.1, 0.15) is 35.3 Å². The Morgan fingerprint density at radius 3 is 2.44 bits per heavy atom. The second-order valence-electron chi connectivity index (χ2n) is 7.79. The van der Waals surface area contributed by atoms with E-state index in [0.717, 1.165) is 10.6 Å². The van der Waals surface area contributed by atoms with Crippen LogP contribution in [-0.4, -0.2) is 35.2 Å². The molecule has 0 unspecified atom stereocenters. The number of carbonyl (C=O) groups is 3. The molecule has 0 bridgehead atoms. The molecule has 2 N–H and O–H groups in total. The van der Waals surface area contributed by atoms with Crippen molar-refractivity contribution in [3.63, 3.8) is 0 Å². The lowest BCUT2D eigenvalue weighted by Gasteiger charge is -2.20. The van der Waals surface area contributed by atoms with Crippen molar-refractivity contribution in [1.29, 1.82) is 0 Å². The van der Waals surface area contributed by atoms with Crippen LogP contribution < -0.4 is 15.5 Å². The normalized spacial score (nSPS) is 14.0. The molecule has 0 radical (unpaired) electrons. The summed E-state index contributed by atoms with van der Waals surface area (Å²) in [6, 6.07) is 20.7. The van der Waals surface area contributed by atoms with Gasteiger partial charge in [-0.25, -0.2) is 4.99 Å². The van der Waals surface area contributed by atoms with Gasteiger partial charge in [-0.1, -0.05) is 54.1 Å². The second kappa shape index (κ2) is 10.9. The fraction of sp³-hybridized carbons (Fsp3) is 0.111. The van der Waals surface area contributed by atoms with Crippen LogP contribution >= 0.6 is 11.6 Å². The number of carbonyl (C=O) groups excluding carboxylic acids is 3. The summed E-state index contributed by atoms with van der Waals surface area (Å²) in [5.74, 6) is -0.770. The molecule has 1 aliphatic heterocycles. The molecule has 0 saturated carbocycles. The molecule has 3 amide bonds. The molecule has 0 saturated heterocycles. The van der Waals surface area contributed by atoms with Gasteiger partial charge in [-0.15, -0.1) is 0 Å². The van der Waals surface area contributed by atoms with Crippen LogP contribution in [0.4, 0.5) is 5.69 Å². The van der Waals surface area contributed by atoms with Gasteiger partial charge < -0.3 is 10.1 Å². The van der Waals surface area contributed by atoms with Crippen molar-refractivity contribution in [3.8, 4) is 5.75 Å². The lowest BCUT2D eigenvalue weighted by atomic mass is 10.1. The summed E-state index contributed by atoms with van der Waals surface area (Å²) < 4.78 is 5.62. The number of halogens is 1. The highest BCUT2D eigenvalue weighted by molar-refractivity contribution is 6.30. The summed E-state index contributed by atoms with van der Waals surface area (Å²) in [5, 5.41) is 4.36. The Kier molecular flexibility index (Phi) is 7.46. The standard InChI is InChI=1S/C27H23ClN4O4/c1-3-36-24-16-21(29-17(2)33)13-14-22(24)26(34)31-32-25(19-7-5-4-6-8-19)30-23(27(32)35)15-18-9-11-20(28)12-10-18/h4-16H,3H2,1-2H3,(H,29,33)(H,31,34). The monoisotopic (exact) mass is 502 g/mol. The minimum atomic E-state index is -0.572. The van der Waals surface area contributed by atoms with E-state index in [1.807, 2.05) is 18.2 Å². The number of rotatable bonds is 7. The molecular weight excluding hydrogens is 480 g/mol. The fourth-order valence-electron chi connectivity index (χ4n) is 3.55. The third-order valence-electron chi connectivity index (χ3n) is 5.13. The van der Waals surface area contributed by atoms with Crippen LogP contribution in [-0.2, 0) is 9.59 Å². The maximum absolute atomic E-state index is 13.3. The van der Waals surface area contributed by atoms with Gasteiger partial charge in [0.15, 0.2) is 5.84 Å². The van der Waals surface area contributed by atoms with Crippen molar-refractivity contribution in [2.24, 2.45) is 4.99 Å². The molecule has 8 nitrogen and oxygen atoms in total. The number of nitrogens with one attached hydrogen (secondary N) is 2. The first-order valence-electron chi connectivity index (χ1n) is 11.2. The maximum Gasteiger partial charge on any atom is 0.297 e. The number of nitrogens with zero attached hydrogens (tertiary/aromatic N) is 2. The summed E-state index contributed by atoms with van der Waals surface area (Å²) in [6.45, 7) is 3.47. The predicted octanol–water partition coefficient (Wildman–Crippen LogP) is 4.67. The predicted molar refractivity (Wildman–Crippen MR) is 139 cm³/mol. The molecule has 3 aromatic carbocycles. The Morgan fingerprint density at radius 1 is 1.06 bits per heavy atom. The van der Waals surface area contributed by atoms with Gasteiger partial charge >= 0.3 is 0 Å². The number of hydrogen-bond donors (Lipinski definition) is 2. The van der Waals surface area contributed by atoms with E-state index in [9.17, 15) is 14.4 Å². The van der Waals surface area contributed by atoms with Gasteiger partial charge in [0.05, 0.1) is 12.2 Å². The molecule has 3 aromatic rings. The summed E-state index contributed by atoms with van der Waals surface area (Å²) >= 11 is 5.97. The van der Waals surface area contributed by atoms with Crippen LogP contribution in [0.5, 0.6) is 5.75 Å². The second-order valence-corrected chi connectivity index (χ2v) is 8.23. The molecule has 0 fully saturated rings. The van der Waals surface area contributed by atoms with E-state index in [0.29, 0.717) is 22.9 Å². The molecule has 0 aliphatic carbocycles. The van der Waals surface area contributed by atoms with Crippen LogP contribution in [0.15, 0.2) is 83.5 Å². The molecule has 182 valence electrons. The number of ether oxygens (including phenoxy) is 1. The molecule has 0 aromatic heterocycles. The van der Waals surface area contributed by atoms with Crippen molar-refractivity contribution in [1.82, 2.24) is 10.4 Å². The molecule has 4 rings (SSSR count). The number of amidine groups is 1. The zero-order chi connectivity index (χ0) is 25.7. The zero-order valence-corrected chi connectivity index (χ0v) is 20.4. The highest BCUT2D eigenvalue weighted by Crippen LogP contribution is 2.26. The summed E-state index contributed by atoms with van der Waals surface area (Å²) in [6.07, 6.45) is 1.63. The number of aliphatic imine (C=N–C) groups is 1. The summed E-state index contributed by atoms with van der Waals surface area (Å²) in [4.78, 5) is 42.6. The Bertz CT molecular complexity index is 1370. The van der Waals surface area contributed by atoms with Gasteiger partial charge in [0.2, 0.25) is 5.91 Å². The van der Waals surface area contributed by atoms with Crippen molar-refractivity contribution < 1.29 is 19.1 Å². The molecule has 0 spiro atoms. The van der Waals surface area contributed by atoms with Gasteiger partial charge in [0.1, 0.15) is 11.4 Å². The Hall–Kier alpha value is -4.43. The van der Waals surface area contributed by atoms with Crippen LogP contribution in [0.3, 0.4) is 0 Å². The maximum atomic E-state index is 13.3. The first kappa shape index (κ1) is 24.7. The Morgan fingerprint density at radius 2 is 1.78 bits per heavy atom. The number of hydrazine groups is 1. The summed E-state index contributed by atoms with van der Waals surface area (Å²) in [7, 11) is 0. The highest BCUT2D eigenvalue weighted by atomic mass is 35.5. The van der Waals surface area contributed by atoms with Crippen molar-refractivity contribution in [3.05, 3.63) is 100 Å². The largest absolute Gasteiger partial charge is 0.493 e. The van der Waals surface area contributed by atoms with E-state index in [1.165, 1.54) is 13.0 Å². The first-order valence-corrected chi connectivity index (χ1v) is 11.5. The Labute approximate surface area is 213 Å². The first-order chi connectivity index (χ1) is 17.4. The van der Waals surface area contributed by atoms with E-state index >= 15 is 0 Å². The quantitative estimate of drug-likeness (QED) is 0.458.